The van der Waals surface area contributed by atoms with Gasteiger partial charge in [0, 0.05) is 18.9 Å². The van der Waals surface area contributed by atoms with Gasteiger partial charge in [-0.15, -0.1) is 0 Å². The third kappa shape index (κ3) is 0.446. The number of rotatable bonds is 0. The Kier molecular flexibility index (Phi) is 0.866. The molecule has 0 radical (unpaired) electrons. The van der Waals surface area contributed by atoms with Crippen LogP contribution < -0.4 is 0 Å². The normalized spacial score (nSPS) is 52.9. The van der Waals surface area contributed by atoms with Crippen LogP contribution in [0.15, 0.2) is 0 Å². The third-order valence-electron chi connectivity index (χ3n) is 2.23. The molecule has 2 nitrogen and oxygen atoms in total. The van der Waals surface area contributed by atoms with Crippen molar-refractivity contribution >= 4 is 0 Å². The zero-order valence-electron chi connectivity index (χ0n) is 4.71. The molecule has 1 N–H and O–H groups in total. The van der Waals surface area contributed by atoms with Gasteiger partial charge in [-0.05, 0) is 6.42 Å². The molecule has 1 saturated carbocycles. The Morgan fingerprint density at radius 1 is 1.50 bits per heavy atom. The lowest BCUT2D eigenvalue weighted by Crippen LogP contribution is -2.42. The quantitative estimate of drug-likeness (QED) is 0.486. The SMILES string of the molecule is OC1CC2OCCC12. The molecule has 1 saturated heterocycles. The van der Waals surface area contributed by atoms with Gasteiger partial charge in [0.25, 0.3) is 0 Å². The molecule has 0 aromatic carbocycles. The lowest BCUT2D eigenvalue weighted by Gasteiger charge is -2.34. The Bertz CT molecular complexity index is 103. The summed E-state index contributed by atoms with van der Waals surface area (Å²) in [6.07, 6.45) is 2.34. The van der Waals surface area contributed by atoms with Crippen LogP contribution in [-0.2, 0) is 4.74 Å². The predicted molar refractivity (Wildman–Crippen MR) is 28.5 cm³/mol. The van der Waals surface area contributed by atoms with E-state index in [2.05, 4.69) is 0 Å². The van der Waals surface area contributed by atoms with Crippen molar-refractivity contribution in [2.75, 3.05) is 6.61 Å². The molecular formula is C6H10O2. The molecule has 2 rings (SSSR count). The van der Waals surface area contributed by atoms with Crippen molar-refractivity contribution in [1.29, 1.82) is 0 Å². The monoisotopic (exact) mass is 114 g/mol. The average Bonchev–Trinajstić information content (AvgIpc) is 2.09. The molecule has 0 aromatic heterocycles. The summed E-state index contributed by atoms with van der Waals surface area (Å²) in [4.78, 5) is 0. The maximum atomic E-state index is 9.04. The van der Waals surface area contributed by atoms with Gasteiger partial charge in [-0.1, -0.05) is 0 Å². The van der Waals surface area contributed by atoms with Gasteiger partial charge in [0.1, 0.15) is 0 Å². The summed E-state index contributed by atoms with van der Waals surface area (Å²) in [5.41, 5.74) is 0. The van der Waals surface area contributed by atoms with Gasteiger partial charge in [0.05, 0.1) is 12.2 Å². The summed E-state index contributed by atoms with van der Waals surface area (Å²) in [7, 11) is 0. The highest BCUT2D eigenvalue weighted by atomic mass is 16.5. The minimum absolute atomic E-state index is 0.0394. The molecular weight excluding hydrogens is 104 g/mol. The van der Waals surface area contributed by atoms with Crippen molar-refractivity contribution in [2.24, 2.45) is 5.92 Å². The number of aliphatic hydroxyl groups excluding tert-OH is 1. The minimum Gasteiger partial charge on any atom is -0.393 e. The molecule has 0 spiro atoms. The molecule has 1 heterocycles. The van der Waals surface area contributed by atoms with E-state index in [1.165, 1.54) is 0 Å². The van der Waals surface area contributed by atoms with Crippen LogP contribution in [0.5, 0.6) is 0 Å². The van der Waals surface area contributed by atoms with E-state index in [1.54, 1.807) is 0 Å². The molecule has 0 aromatic rings. The van der Waals surface area contributed by atoms with Crippen LogP contribution in [0.1, 0.15) is 12.8 Å². The second-order valence-electron chi connectivity index (χ2n) is 2.66. The first-order valence-corrected chi connectivity index (χ1v) is 3.17. The molecule has 46 valence electrons. The lowest BCUT2D eigenvalue weighted by atomic mass is 9.79. The van der Waals surface area contributed by atoms with Gasteiger partial charge >= 0.3 is 0 Å². The Labute approximate surface area is 48.5 Å². The summed E-state index contributed by atoms with van der Waals surface area (Å²) < 4.78 is 5.26. The lowest BCUT2D eigenvalue weighted by molar-refractivity contribution is -0.0679. The van der Waals surface area contributed by atoms with E-state index < -0.39 is 0 Å². The van der Waals surface area contributed by atoms with Gasteiger partial charge < -0.3 is 9.84 Å². The van der Waals surface area contributed by atoms with E-state index in [4.69, 9.17) is 9.84 Å². The van der Waals surface area contributed by atoms with Crippen LogP contribution in [0.4, 0.5) is 0 Å². The molecule has 0 bridgehead atoms. The van der Waals surface area contributed by atoms with Gasteiger partial charge in [-0.2, -0.15) is 0 Å². The van der Waals surface area contributed by atoms with Crippen LogP contribution in [-0.4, -0.2) is 23.9 Å². The zero-order valence-corrected chi connectivity index (χ0v) is 4.71. The molecule has 1 aliphatic carbocycles. The first kappa shape index (κ1) is 4.77. The van der Waals surface area contributed by atoms with Crippen molar-refractivity contribution in [3.63, 3.8) is 0 Å². The van der Waals surface area contributed by atoms with Crippen LogP contribution in [0.2, 0.25) is 0 Å². The van der Waals surface area contributed by atoms with Crippen LogP contribution in [0.3, 0.4) is 0 Å². The van der Waals surface area contributed by atoms with E-state index in [1.807, 2.05) is 0 Å². The molecule has 2 fully saturated rings. The Hall–Kier alpha value is -0.0800. The predicted octanol–water partition coefficient (Wildman–Crippen LogP) is 0.156. The number of aliphatic hydroxyl groups is 1. The molecule has 1 aliphatic heterocycles. The van der Waals surface area contributed by atoms with Gasteiger partial charge in [0.2, 0.25) is 0 Å². The standard InChI is InChI=1S/C6H10O2/c7-5-3-6-4(5)1-2-8-6/h4-7H,1-3H2. The molecule has 2 heteroatoms. The Morgan fingerprint density at radius 3 is 2.88 bits per heavy atom. The van der Waals surface area contributed by atoms with Crippen LogP contribution in [0, 0.1) is 5.92 Å². The van der Waals surface area contributed by atoms with Crippen molar-refractivity contribution in [3.8, 4) is 0 Å². The fourth-order valence-corrected chi connectivity index (χ4v) is 1.56. The smallest absolute Gasteiger partial charge is 0.0653 e. The highest BCUT2D eigenvalue weighted by molar-refractivity contribution is 4.93. The molecule has 8 heavy (non-hydrogen) atoms. The largest absolute Gasteiger partial charge is 0.393 e. The first-order chi connectivity index (χ1) is 3.88. The maximum absolute atomic E-state index is 9.04. The van der Waals surface area contributed by atoms with E-state index in [0.717, 1.165) is 19.4 Å². The van der Waals surface area contributed by atoms with Crippen molar-refractivity contribution in [1.82, 2.24) is 0 Å². The van der Waals surface area contributed by atoms with Gasteiger partial charge in [-0.3, -0.25) is 0 Å². The van der Waals surface area contributed by atoms with E-state index in [9.17, 15) is 0 Å². The summed E-state index contributed by atoms with van der Waals surface area (Å²) in [6, 6.07) is 0. The first-order valence-electron chi connectivity index (χ1n) is 3.17. The Morgan fingerprint density at radius 2 is 2.38 bits per heavy atom. The second-order valence-corrected chi connectivity index (χ2v) is 2.66. The molecule has 3 unspecified atom stereocenters. The fourth-order valence-electron chi connectivity index (χ4n) is 1.56. The topological polar surface area (TPSA) is 29.5 Å². The van der Waals surface area contributed by atoms with Crippen molar-refractivity contribution in [3.05, 3.63) is 0 Å². The third-order valence-corrected chi connectivity index (χ3v) is 2.23. The van der Waals surface area contributed by atoms with Crippen molar-refractivity contribution in [2.45, 2.75) is 25.0 Å². The second kappa shape index (κ2) is 1.45. The summed E-state index contributed by atoms with van der Waals surface area (Å²) >= 11 is 0. The number of fused-ring (bicyclic) bond motifs is 1. The summed E-state index contributed by atoms with van der Waals surface area (Å²) in [6.45, 7) is 0.867. The maximum Gasteiger partial charge on any atom is 0.0653 e. The van der Waals surface area contributed by atoms with Crippen molar-refractivity contribution < 1.29 is 9.84 Å². The molecule has 2 aliphatic rings. The minimum atomic E-state index is -0.0394. The number of ether oxygens (including phenoxy) is 1. The van der Waals surface area contributed by atoms with Crippen LogP contribution >= 0.6 is 0 Å². The van der Waals surface area contributed by atoms with Crippen LogP contribution in [0.25, 0.3) is 0 Å². The van der Waals surface area contributed by atoms with Gasteiger partial charge in [0.15, 0.2) is 0 Å². The highest BCUT2D eigenvalue weighted by Gasteiger charge is 2.43. The Balaban J connectivity index is 2.02. The van der Waals surface area contributed by atoms with E-state index in [0.29, 0.717) is 12.0 Å². The number of hydrogen-bond donors (Lipinski definition) is 1. The van der Waals surface area contributed by atoms with E-state index in [-0.39, 0.29) is 6.10 Å². The number of hydrogen-bond acceptors (Lipinski definition) is 2. The fraction of sp³-hybridized carbons (Fsp3) is 1.00. The van der Waals surface area contributed by atoms with Gasteiger partial charge in [-0.25, -0.2) is 0 Å². The highest BCUT2D eigenvalue weighted by Crippen LogP contribution is 2.38. The van der Waals surface area contributed by atoms with E-state index >= 15 is 0 Å². The molecule has 3 atom stereocenters. The zero-order chi connectivity index (χ0) is 5.56. The summed E-state index contributed by atoms with van der Waals surface area (Å²) in [5.74, 6) is 0.495. The molecule has 0 amide bonds. The average molecular weight is 114 g/mol. The summed E-state index contributed by atoms with van der Waals surface area (Å²) in [5, 5.41) is 9.04.